The van der Waals surface area contributed by atoms with Gasteiger partial charge in [-0.2, -0.15) is 0 Å². The van der Waals surface area contributed by atoms with E-state index in [9.17, 15) is 4.39 Å². The molecule has 0 spiro atoms. The Hall–Kier alpha value is -1.94. The number of nitrogens with two attached hydrogens (primary N) is 1. The summed E-state index contributed by atoms with van der Waals surface area (Å²) < 4.78 is 18.6. The Bertz CT molecular complexity index is 485. The number of hydrogen-bond donors (Lipinski definition) is 1. The van der Waals surface area contributed by atoms with Crippen LogP contribution < -0.4 is 10.5 Å². The molecule has 0 bridgehead atoms. The molecule has 4 heteroatoms. The highest BCUT2D eigenvalue weighted by Crippen LogP contribution is 2.16. The number of rotatable bonds is 4. The zero-order valence-corrected chi connectivity index (χ0v) is 9.27. The van der Waals surface area contributed by atoms with E-state index in [-0.39, 0.29) is 11.6 Å². The van der Waals surface area contributed by atoms with E-state index in [2.05, 4.69) is 4.98 Å². The standard InChI is InChI=1S/C13H13FN2O/c14-12-3-1-2-4-13(12)17-9-10-5-6-11(7-15)16-8-10/h1-6,8H,7,9,15H2. The first kappa shape index (κ1) is 11.5. The van der Waals surface area contributed by atoms with Crippen LogP contribution in [-0.2, 0) is 13.2 Å². The van der Waals surface area contributed by atoms with Crippen molar-refractivity contribution < 1.29 is 9.13 Å². The summed E-state index contributed by atoms with van der Waals surface area (Å²) in [6, 6.07) is 10.0. The predicted octanol–water partition coefficient (Wildman–Crippen LogP) is 2.26. The van der Waals surface area contributed by atoms with Crippen molar-refractivity contribution in [3.8, 4) is 5.75 Å². The Morgan fingerprint density at radius 1 is 1.18 bits per heavy atom. The summed E-state index contributed by atoms with van der Waals surface area (Å²) in [5.41, 5.74) is 7.14. The van der Waals surface area contributed by atoms with Gasteiger partial charge in [0.05, 0.1) is 5.69 Å². The fraction of sp³-hybridized carbons (Fsp3) is 0.154. The summed E-state index contributed by atoms with van der Waals surface area (Å²) >= 11 is 0. The summed E-state index contributed by atoms with van der Waals surface area (Å²) in [6.45, 7) is 0.702. The Labute approximate surface area is 99.1 Å². The molecule has 17 heavy (non-hydrogen) atoms. The van der Waals surface area contributed by atoms with Crippen LogP contribution in [0.15, 0.2) is 42.6 Å². The van der Waals surface area contributed by atoms with Gasteiger partial charge < -0.3 is 10.5 Å². The Kier molecular flexibility index (Phi) is 3.67. The smallest absolute Gasteiger partial charge is 0.165 e. The second-order valence-electron chi connectivity index (χ2n) is 3.58. The summed E-state index contributed by atoms with van der Waals surface area (Å²) in [5.74, 6) is -0.116. The van der Waals surface area contributed by atoms with Gasteiger partial charge in [-0.3, -0.25) is 4.98 Å². The van der Waals surface area contributed by atoms with Crippen molar-refractivity contribution >= 4 is 0 Å². The van der Waals surface area contributed by atoms with E-state index in [1.165, 1.54) is 6.07 Å². The van der Waals surface area contributed by atoms with Crippen molar-refractivity contribution in [2.75, 3.05) is 0 Å². The number of hydrogen-bond acceptors (Lipinski definition) is 3. The summed E-state index contributed by atoms with van der Waals surface area (Å²) in [5, 5.41) is 0. The fourth-order valence-corrected chi connectivity index (χ4v) is 1.38. The molecule has 0 saturated carbocycles. The molecule has 1 aromatic carbocycles. The lowest BCUT2D eigenvalue weighted by Crippen LogP contribution is -2.02. The Morgan fingerprint density at radius 2 is 2.00 bits per heavy atom. The van der Waals surface area contributed by atoms with E-state index < -0.39 is 0 Å². The first-order chi connectivity index (χ1) is 8.29. The van der Waals surface area contributed by atoms with Crippen LogP contribution >= 0.6 is 0 Å². The molecule has 88 valence electrons. The molecule has 0 saturated heterocycles. The van der Waals surface area contributed by atoms with Crippen molar-refractivity contribution in [1.29, 1.82) is 0 Å². The van der Waals surface area contributed by atoms with Crippen molar-refractivity contribution in [3.05, 3.63) is 59.7 Å². The van der Waals surface area contributed by atoms with Crippen molar-refractivity contribution in [2.24, 2.45) is 5.73 Å². The molecule has 0 atom stereocenters. The van der Waals surface area contributed by atoms with Crippen molar-refractivity contribution in [3.63, 3.8) is 0 Å². The lowest BCUT2D eigenvalue weighted by Gasteiger charge is -2.07. The molecule has 0 aliphatic carbocycles. The highest BCUT2D eigenvalue weighted by molar-refractivity contribution is 5.24. The molecule has 3 nitrogen and oxygen atoms in total. The zero-order valence-electron chi connectivity index (χ0n) is 9.27. The minimum Gasteiger partial charge on any atom is -0.486 e. The fourth-order valence-electron chi connectivity index (χ4n) is 1.38. The van der Waals surface area contributed by atoms with E-state index in [1.54, 1.807) is 24.4 Å². The van der Waals surface area contributed by atoms with Gasteiger partial charge in [-0.15, -0.1) is 0 Å². The normalized spacial score (nSPS) is 10.2. The van der Waals surface area contributed by atoms with Gasteiger partial charge in [0.1, 0.15) is 6.61 Å². The monoisotopic (exact) mass is 232 g/mol. The van der Waals surface area contributed by atoms with Crippen LogP contribution in [0.5, 0.6) is 5.75 Å². The van der Waals surface area contributed by atoms with Gasteiger partial charge >= 0.3 is 0 Å². The van der Waals surface area contributed by atoms with Gasteiger partial charge in [0.25, 0.3) is 0 Å². The molecule has 0 aliphatic heterocycles. The first-order valence-corrected chi connectivity index (χ1v) is 5.31. The summed E-state index contributed by atoms with van der Waals surface area (Å²) in [7, 11) is 0. The summed E-state index contributed by atoms with van der Waals surface area (Å²) in [4.78, 5) is 4.13. The second kappa shape index (κ2) is 5.41. The minimum atomic E-state index is -0.362. The van der Waals surface area contributed by atoms with Crippen molar-refractivity contribution in [2.45, 2.75) is 13.2 Å². The molecule has 2 N–H and O–H groups in total. The van der Waals surface area contributed by atoms with Gasteiger partial charge in [0.2, 0.25) is 0 Å². The number of halogens is 1. The van der Waals surface area contributed by atoms with Crippen LogP contribution in [-0.4, -0.2) is 4.98 Å². The van der Waals surface area contributed by atoms with Crippen LogP contribution in [0.2, 0.25) is 0 Å². The predicted molar refractivity (Wildman–Crippen MR) is 62.9 cm³/mol. The number of ether oxygens (including phenoxy) is 1. The van der Waals surface area contributed by atoms with Gasteiger partial charge in [-0.1, -0.05) is 18.2 Å². The molecular formula is C13H13FN2O. The van der Waals surface area contributed by atoms with Gasteiger partial charge in [-0.05, 0) is 18.2 Å². The first-order valence-electron chi connectivity index (χ1n) is 5.31. The van der Waals surface area contributed by atoms with Gasteiger partial charge in [0, 0.05) is 18.3 Å². The van der Waals surface area contributed by atoms with Crippen LogP contribution in [0, 0.1) is 5.82 Å². The SMILES string of the molecule is NCc1ccc(COc2ccccc2F)cn1. The average Bonchev–Trinajstić information content (AvgIpc) is 2.38. The quantitative estimate of drug-likeness (QED) is 0.879. The molecule has 2 aromatic rings. The highest BCUT2D eigenvalue weighted by atomic mass is 19.1. The Balaban J connectivity index is 2.00. The number of pyridine rings is 1. The molecule has 2 rings (SSSR count). The maximum Gasteiger partial charge on any atom is 0.165 e. The topological polar surface area (TPSA) is 48.1 Å². The molecular weight excluding hydrogens is 219 g/mol. The molecule has 1 aromatic heterocycles. The second-order valence-corrected chi connectivity index (χ2v) is 3.58. The van der Waals surface area contributed by atoms with E-state index in [0.29, 0.717) is 13.2 Å². The number of nitrogens with zero attached hydrogens (tertiary/aromatic N) is 1. The lowest BCUT2D eigenvalue weighted by molar-refractivity contribution is 0.290. The molecule has 0 unspecified atom stereocenters. The third kappa shape index (κ3) is 3.01. The molecule has 1 heterocycles. The van der Waals surface area contributed by atoms with E-state index in [1.807, 2.05) is 12.1 Å². The van der Waals surface area contributed by atoms with Crippen LogP contribution in [0.25, 0.3) is 0 Å². The average molecular weight is 232 g/mol. The molecule has 0 radical (unpaired) electrons. The van der Waals surface area contributed by atoms with Crippen LogP contribution in [0.3, 0.4) is 0 Å². The zero-order chi connectivity index (χ0) is 12.1. The van der Waals surface area contributed by atoms with Crippen LogP contribution in [0.1, 0.15) is 11.3 Å². The summed E-state index contributed by atoms with van der Waals surface area (Å²) in [6.07, 6.45) is 1.68. The number of benzene rings is 1. The Morgan fingerprint density at radius 3 is 2.65 bits per heavy atom. The number of para-hydroxylation sites is 1. The maximum atomic E-state index is 13.3. The van der Waals surface area contributed by atoms with E-state index in [4.69, 9.17) is 10.5 Å². The molecule has 0 fully saturated rings. The maximum absolute atomic E-state index is 13.3. The third-order valence-corrected chi connectivity index (χ3v) is 2.33. The third-order valence-electron chi connectivity index (χ3n) is 2.33. The molecule has 0 aliphatic rings. The van der Waals surface area contributed by atoms with E-state index >= 15 is 0 Å². The van der Waals surface area contributed by atoms with E-state index in [0.717, 1.165) is 11.3 Å². The largest absolute Gasteiger partial charge is 0.486 e. The van der Waals surface area contributed by atoms with Crippen molar-refractivity contribution in [1.82, 2.24) is 4.98 Å². The molecule has 0 amide bonds. The highest BCUT2D eigenvalue weighted by Gasteiger charge is 2.02. The van der Waals surface area contributed by atoms with Crippen LogP contribution in [0.4, 0.5) is 4.39 Å². The lowest BCUT2D eigenvalue weighted by atomic mass is 10.2. The van der Waals surface area contributed by atoms with Gasteiger partial charge in [-0.25, -0.2) is 4.39 Å². The number of aromatic nitrogens is 1. The minimum absolute atomic E-state index is 0.246. The van der Waals surface area contributed by atoms with Gasteiger partial charge in [0.15, 0.2) is 11.6 Å².